The van der Waals surface area contributed by atoms with Gasteiger partial charge in [-0.2, -0.15) is 5.10 Å². The molecule has 69 heavy (non-hydrogen) atoms. The third kappa shape index (κ3) is 15.2. The first-order chi connectivity index (χ1) is 33.6. The van der Waals surface area contributed by atoms with E-state index in [1.165, 1.54) is 24.9 Å². The van der Waals surface area contributed by atoms with Crippen molar-refractivity contribution >= 4 is 62.7 Å². The number of hydrazone groups is 1. The Kier molecular flexibility index (Phi) is 19.1. The molecule has 0 radical (unpaired) electrons. The molecule has 1 aromatic heterocycles. The summed E-state index contributed by atoms with van der Waals surface area (Å²) >= 11 is 1.49. The standard InChI is InChI=1S/C53H63N3O12S/c1-3-48(57)64-32-12-5-4-11-31-63-42-25-27-43(28-26-42)66-50(59)37-21-23-38(24-22-37)51(60)67-44-29-30-46(68-52(61)39-19-17-36(18-20-39)49(58)62-2)40(33-44)34-54-56(35-65-41-13-7-6-8-14-41)53-55-45-15-9-10-16-47(45)69-53/h3,9-10,15-16,25-30,33-34,36-39,41H,1,4-8,11-14,17-24,31-32,35H2,2H3/b54-34+. The van der Waals surface area contributed by atoms with Crippen LogP contribution in [0.4, 0.5) is 5.13 Å². The van der Waals surface area contributed by atoms with Gasteiger partial charge in [0.15, 0.2) is 0 Å². The summed E-state index contributed by atoms with van der Waals surface area (Å²) < 4.78 is 40.8. The number of hydrogen-bond donors (Lipinski definition) is 0. The van der Waals surface area contributed by atoms with E-state index in [9.17, 15) is 24.0 Å². The van der Waals surface area contributed by atoms with Gasteiger partial charge in [-0.15, -0.1) is 0 Å². The first kappa shape index (κ1) is 50.7. The van der Waals surface area contributed by atoms with Gasteiger partial charge >= 0.3 is 29.8 Å². The summed E-state index contributed by atoms with van der Waals surface area (Å²) in [5.41, 5.74) is 1.25. The van der Waals surface area contributed by atoms with Crippen LogP contribution in [0.5, 0.6) is 23.0 Å². The van der Waals surface area contributed by atoms with E-state index in [-0.39, 0.29) is 48.1 Å². The summed E-state index contributed by atoms with van der Waals surface area (Å²) in [6.07, 6.45) is 15.6. The van der Waals surface area contributed by atoms with E-state index in [2.05, 4.69) is 6.58 Å². The third-order valence-corrected chi connectivity index (χ3v) is 14.0. The normalized spacial score (nSPS) is 19.6. The molecule has 4 aromatic rings. The van der Waals surface area contributed by atoms with Gasteiger partial charge in [-0.1, -0.05) is 49.3 Å². The summed E-state index contributed by atoms with van der Waals surface area (Å²) in [5.74, 6) is -1.69. The molecule has 3 aromatic carbocycles. The topological polar surface area (TPSA) is 178 Å². The lowest BCUT2D eigenvalue weighted by molar-refractivity contribution is -0.149. The van der Waals surface area contributed by atoms with E-state index in [4.69, 9.17) is 43.2 Å². The molecular weight excluding hydrogens is 903 g/mol. The molecule has 0 spiro atoms. The number of thiazole rings is 1. The summed E-state index contributed by atoms with van der Waals surface area (Å²) in [5, 5.41) is 7.19. The first-order valence-electron chi connectivity index (χ1n) is 24.3. The Labute approximate surface area is 407 Å². The minimum Gasteiger partial charge on any atom is -0.494 e. The van der Waals surface area contributed by atoms with Crippen molar-refractivity contribution in [1.82, 2.24) is 4.98 Å². The smallest absolute Gasteiger partial charge is 0.330 e. The molecule has 0 saturated heterocycles. The van der Waals surface area contributed by atoms with Crippen LogP contribution < -0.4 is 24.0 Å². The molecule has 0 atom stereocenters. The lowest BCUT2D eigenvalue weighted by atomic mass is 9.82. The van der Waals surface area contributed by atoms with Gasteiger partial charge in [-0.05, 0) is 144 Å². The van der Waals surface area contributed by atoms with Gasteiger partial charge < -0.3 is 33.2 Å². The molecule has 0 aliphatic heterocycles. The molecular formula is C53H63N3O12S. The van der Waals surface area contributed by atoms with Crippen molar-refractivity contribution in [2.24, 2.45) is 28.8 Å². The average molecular weight is 966 g/mol. The number of hydrogen-bond acceptors (Lipinski definition) is 16. The van der Waals surface area contributed by atoms with E-state index in [1.807, 2.05) is 24.3 Å². The Morgan fingerprint density at radius 1 is 0.681 bits per heavy atom. The molecule has 0 N–H and O–H groups in total. The quantitative estimate of drug-likeness (QED) is 0.0138. The number of fused-ring (bicyclic) bond motifs is 1. The SMILES string of the molecule is C=CC(=O)OCCCCCCOc1ccc(OC(=O)C2CCC(C(=O)Oc3ccc(OC(=O)C4CCC(C(=O)OC)CC4)c(/C=N/N(COC4CCCCC4)c4nc5ccccc5s4)c3)CC2)cc1. The van der Waals surface area contributed by atoms with Crippen molar-refractivity contribution in [3.8, 4) is 23.0 Å². The summed E-state index contributed by atoms with van der Waals surface area (Å²) in [6, 6.07) is 19.6. The number of methoxy groups -OCH3 is 1. The highest BCUT2D eigenvalue weighted by atomic mass is 32.1. The van der Waals surface area contributed by atoms with Gasteiger partial charge in [0, 0.05) is 11.6 Å². The van der Waals surface area contributed by atoms with Crippen LogP contribution in [0.1, 0.15) is 115 Å². The second-order valence-electron chi connectivity index (χ2n) is 17.9. The number of benzene rings is 3. The van der Waals surface area contributed by atoms with Gasteiger partial charge in [0.2, 0.25) is 5.13 Å². The molecule has 15 nitrogen and oxygen atoms in total. The van der Waals surface area contributed by atoms with Crippen molar-refractivity contribution in [2.45, 2.75) is 115 Å². The predicted molar refractivity (Wildman–Crippen MR) is 260 cm³/mol. The Bertz CT molecular complexity index is 2350. The molecule has 3 saturated carbocycles. The fraction of sp³-hybridized carbons (Fsp3) is 0.491. The van der Waals surface area contributed by atoms with E-state index in [1.54, 1.807) is 53.7 Å². The lowest BCUT2D eigenvalue weighted by Gasteiger charge is -2.26. The van der Waals surface area contributed by atoms with Crippen LogP contribution in [-0.4, -0.2) is 74.2 Å². The Morgan fingerprint density at radius 3 is 1.90 bits per heavy atom. The van der Waals surface area contributed by atoms with Crippen LogP contribution in [0.25, 0.3) is 10.2 Å². The summed E-state index contributed by atoms with van der Waals surface area (Å²) in [7, 11) is 1.37. The molecule has 16 heteroatoms. The van der Waals surface area contributed by atoms with Gasteiger partial charge in [-0.25, -0.2) is 14.8 Å². The molecule has 368 valence electrons. The number of carbonyl (C=O) groups excluding carboxylic acids is 5. The first-order valence-corrected chi connectivity index (χ1v) is 25.1. The van der Waals surface area contributed by atoms with Crippen LogP contribution in [0, 0.1) is 23.7 Å². The zero-order chi connectivity index (χ0) is 48.4. The number of para-hydroxylation sites is 1. The predicted octanol–water partition coefficient (Wildman–Crippen LogP) is 10.3. The highest BCUT2D eigenvalue weighted by molar-refractivity contribution is 7.22. The van der Waals surface area contributed by atoms with Crippen LogP contribution in [0.15, 0.2) is 84.5 Å². The van der Waals surface area contributed by atoms with Gasteiger partial charge in [0.25, 0.3) is 0 Å². The molecule has 7 rings (SSSR count). The van der Waals surface area contributed by atoms with Crippen LogP contribution >= 0.6 is 11.3 Å². The second kappa shape index (κ2) is 26.0. The summed E-state index contributed by atoms with van der Waals surface area (Å²) in [6.45, 7) is 4.46. The zero-order valence-electron chi connectivity index (χ0n) is 39.4. The molecule has 3 aliphatic rings. The maximum absolute atomic E-state index is 13.6. The van der Waals surface area contributed by atoms with E-state index < -0.39 is 29.7 Å². The summed E-state index contributed by atoms with van der Waals surface area (Å²) in [4.78, 5) is 68.5. The Morgan fingerprint density at radius 2 is 1.26 bits per heavy atom. The van der Waals surface area contributed by atoms with Crippen molar-refractivity contribution in [3.63, 3.8) is 0 Å². The monoisotopic (exact) mass is 965 g/mol. The molecule has 0 bridgehead atoms. The largest absolute Gasteiger partial charge is 0.494 e. The highest BCUT2D eigenvalue weighted by Gasteiger charge is 2.34. The maximum Gasteiger partial charge on any atom is 0.330 e. The number of nitrogens with zero attached hydrogens (tertiary/aromatic N) is 3. The third-order valence-electron chi connectivity index (χ3n) is 13.0. The minimum absolute atomic E-state index is 0.112. The van der Waals surface area contributed by atoms with Crippen LogP contribution in [0.3, 0.4) is 0 Å². The highest BCUT2D eigenvalue weighted by Crippen LogP contribution is 2.35. The second-order valence-corrected chi connectivity index (χ2v) is 18.9. The van der Waals surface area contributed by atoms with Crippen LogP contribution in [0.2, 0.25) is 0 Å². The van der Waals surface area contributed by atoms with Crippen molar-refractivity contribution in [1.29, 1.82) is 0 Å². The zero-order valence-corrected chi connectivity index (χ0v) is 40.2. The van der Waals surface area contributed by atoms with E-state index >= 15 is 0 Å². The molecule has 3 fully saturated rings. The van der Waals surface area contributed by atoms with E-state index in [0.29, 0.717) is 86.8 Å². The molecule has 1 heterocycles. The van der Waals surface area contributed by atoms with Crippen molar-refractivity contribution in [2.75, 3.05) is 32.1 Å². The number of anilines is 1. The van der Waals surface area contributed by atoms with Crippen molar-refractivity contribution < 1.29 is 57.1 Å². The average Bonchev–Trinajstić information content (AvgIpc) is 3.82. The Hall–Kier alpha value is -6.13. The van der Waals surface area contributed by atoms with E-state index in [0.717, 1.165) is 67.7 Å². The number of carbonyl (C=O) groups is 5. The number of esters is 5. The maximum atomic E-state index is 13.6. The number of ether oxygens (including phenoxy) is 7. The molecule has 0 unspecified atom stereocenters. The van der Waals surface area contributed by atoms with Gasteiger partial charge in [0.05, 0.1) is 66.5 Å². The van der Waals surface area contributed by atoms with Gasteiger partial charge in [0.1, 0.15) is 29.7 Å². The lowest BCUT2D eigenvalue weighted by Crippen LogP contribution is -2.30. The minimum atomic E-state index is -0.429. The van der Waals surface area contributed by atoms with Gasteiger partial charge in [-0.3, -0.25) is 19.2 Å². The molecule has 3 aliphatic carbocycles. The fourth-order valence-electron chi connectivity index (χ4n) is 8.90. The van der Waals surface area contributed by atoms with Crippen molar-refractivity contribution in [3.05, 3.63) is 84.9 Å². The molecule has 0 amide bonds. The fourth-order valence-corrected chi connectivity index (χ4v) is 9.81. The number of unbranched alkanes of at least 4 members (excludes halogenated alkanes) is 3. The number of rotatable bonds is 22. The number of aromatic nitrogens is 1. The Balaban J connectivity index is 0.954. The van der Waals surface area contributed by atoms with Crippen LogP contribution in [-0.2, 0) is 38.2 Å².